The number of halogens is 2. The van der Waals surface area contributed by atoms with Crippen LogP contribution in [0.15, 0.2) is 18.2 Å². The summed E-state index contributed by atoms with van der Waals surface area (Å²) in [5.74, 6) is -3.44. The van der Waals surface area contributed by atoms with Crippen molar-refractivity contribution in [2.75, 3.05) is 13.7 Å². The van der Waals surface area contributed by atoms with Gasteiger partial charge in [-0.05, 0) is 11.6 Å². The predicted molar refractivity (Wildman–Crippen MR) is 66.1 cm³/mol. The molecule has 0 radical (unpaired) electrons. The van der Waals surface area contributed by atoms with Gasteiger partial charge in [0, 0.05) is 26.2 Å². The highest BCUT2D eigenvalue weighted by molar-refractivity contribution is 5.84. The molecule has 0 aliphatic heterocycles. The molecule has 2 N–H and O–H groups in total. The highest BCUT2D eigenvalue weighted by Crippen LogP contribution is 2.10. The average Bonchev–Trinajstić information content (AvgIpc) is 2.37. The van der Waals surface area contributed by atoms with E-state index in [0.29, 0.717) is 6.07 Å². The molecule has 0 bridgehead atoms. The van der Waals surface area contributed by atoms with E-state index in [1.54, 1.807) is 0 Å². The van der Waals surface area contributed by atoms with Gasteiger partial charge < -0.3 is 15.2 Å². The number of nitrogens with one attached hydrogen (secondary N) is 1. The molecule has 0 spiro atoms. The van der Waals surface area contributed by atoms with Crippen molar-refractivity contribution < 1.29 is 28.2 Å². The van der Waals surface area contributed by atoms with Crippen molar-refractivity contribution in [3.05, 3.63) is 35.4 Å². The SMILES string of the molecule is COCCC(NC(=O)Cc1ccc(F)cc1F)C(=O)O. The second kappa shape index (κ2) is 7.54. The van der Waals surface area contributed by atoms with E-state index in [9.17, 15) is 18.4 Å². The number of rotatable bonds is 7. The number of hydrogen-bond acceptors (Lipinski definition) is 3. The maximum absolute atomic E-state index is 13.4. The molecule has 1 aromatic rings. The second-order valence-electron chi connectivity index (χ2n) is 4.15. The normalized spacial score (nSPS) is 11.9. The number of ether oxygens (including phenoxy) is 1. The predicted octanol–water partition coefficient (Wildman–Crippen LogP) is 1.11. The first-order valence-corrected chi connectivity index (χ1v) is 5.89. The summed E-state index contributed by atoms with van der Waals surface area (Å²) in [7, 11) is 1.41. The molecule has 5 nitrogen and oxygen atoms in total. The Kier molecular flexibility index (Phi) is 6.05. The molecule has 1 amide bonds. The number of carboxylic acids is 1. The minimum Gasteiger partial charge on any atom is -0.480 e. The van der Waals surface area contributed by atoms with Crippen LogP contribution in [-0.4, -0.2) is 36.7 Å². The highest BCUT2D eigenvalue weighted by Gasteiger charge is 2.20. The molecule has 1 atom stereocenters. The summed E-state index contributed by atoms with van der Waals surface area (Å²) in [5, 5.41) is 11.2. The van der Waals surface area contributed by atoms with E-state index in [1.165, 1.54) is 7.11 Å². The van der Waals surface area contributed by atoms with Gasteiger partial charge in [0.15, 0.2) is 0 Å². The number of carbonyl (C=O) groups is 2. The topological polar surface area (TPSA) is 75.6 Å². The van der Waals surface area contributed by atoms with Crippen LogP contribution in [0, 0.1) is 11.6 Å². The number of carboxylic acid groups (broad SMARTS) is 1. The van der Waals surface area contributed by atoms with Gasteiger partial charge in [0.25, 0.3) is 0 Å². The second-order valence-corrected chi connectivity index (χ2v) is 4.15. The van der Waals surface area contributed by atoms with Gasteiger partial charge in [-0.2, -0.15) is 0 Å². The fourth-order valence-electron chi connectivity index (χ4n) is 1.58. The molecule has 1 aromatic carbocycles. The molecule has 20 heavy (non-hydrogen) atoms. The van der Waals surface area contributed by atoms with Crippen LogP contribution in [-0.2, 0) is 20.7 Å². The van der Waals surface area contributed by atoms with Gasteiger partial charge in [-0.25, -0.2) is 13.6 Å². The third-order valence-corrected chi connectivity index (χ3v) is 2.61. The Morgan fingerprint density at radius 1 is 1.40 bits per heavy atom. The number of aliphatic carboxylic acids is 1. The minimum atomic E-state index is -1.20. The van der Waals surface area contributed by atoms with Crippen LogP contribution < -0.4 is 5.32 Å². The zero-order chi connectivity index (χ0) is 15.1. The zero-order valence-corrected chi connectivity index (χ0v) is 10.9. The molecule has 0 aliphatic carbocycles. The first-order valence-electron chi connectivity index (χ1n) is 5.89. The lowest BCUT2D eigenvalue weighted by Gasteiger charge is -2.14. The summed E-state index contributed by atoms with van der Waals surface area (Å²) < 4.78 is 30.8. The van der Waals surface area contributed by atoms with Crippen molar-refractivity contribution >= 4 is 11.9 Å². The van der Waals surface area contributed by atoms with Gasteiger partial charge in [-0.15, -0.1) is 0 Å². The monoisotopic (exact) mass is 287 g/mol. The summed E-state index contributed by atoms with van der Waals surface area (Å²) in [4.78, 5) is 22.6. The maximum Gasteiger partial charge on any atom is 0.326 e. The summed E-state index contributed by atoms with van der Waals surface area (Å²) in [6.45, 7) is 0.169. The molecule has 0 fully saturated rings. The molecular formula is C13H15F2NO4. The molecule has 0 saturated carbocycles. The van der Waals surface area contributed by atoms with Crippen molar-refractivity contribution in [1.82, 2.24) is 5.32 Å². The third kappa shape index (κ3) is 4.93. The van der Waals surface area contributed by atoms with E-state index in [1.807, 2.05) is 0 Å². The third-order valence-electron chi connectivity index (χ3n) is 2.61. The Labute approximate surface area is 114 Å². The Hall–Kier alpha value is -2.02. The first-order chi connectivity index (χ1) is 9.43. The summed E-state index contributed by atoms with van der Waals surface area (Å²) in [5.41, 5.74) is -0.000203. The summed E-state index contributed by atoms with van der Waals surface area (Å²) in [6, 6.07) is 1.74. The molecule has 7 heteroatoms. The van der Waals surface area contributed by atoms with Gasteiger partial charge >= 0.3 is 5.97 Å². The van der Waals surface area contributed by atoms with Gasteiger partial charge in [0.2, 0.25) is 5.91 Å². The number of hydrogen-bond donors (Lipinski definition) is 2. The molecule has 0 saturated heterocycles. The summed E-state index contributed by atoms with van der Waals surface area (Å²) in [6.07, 6.45) is -0.258. The quantitative estimate of drug-likeness (QED) is 0.788. The fourth-order valence-corrected chi connectivity index (χ4v) is 1.58. The lowest BCUT2D eigenvalue weighted by Crippen LogP contribution is -2.42. The van der Waals surface area contributed by atoms with Crippen LogP contribution in [0.3, 0.4) is 0 Å². The number of amides is 1. The van der Waals surface area contributed by atoms with Crippen LogP contribution in [0.25, 0.3) is 0 Å². The van der Waals surface area contributed by atoms with E-state index < -0.39 is 29.6 Å². The van der Waals surface area contributed by atoms with Crippen LogP contribution in [0.4, 0.5) is 8.78 Å². The van der Waals surface area contributed by atoms with E-state index in [0.717, 1.165) is 12.1 Å². The first kappa shape index (κ1) is 16.0. The minimum absolute atomic E-state index is 0.000203. The summed E-state index contributed by atoms with van der Waals surface area (Å²) >= 11 is 0. The van der Waals surface area contributed by atoms with Crippen LogP contribution in [0.1, 0.15) is 12.0 Å². The number of carbonyl (C=O) groups excluding carboxylic acids is 1. The lowest BCUT2D eigenvalue weighted by atomic mass is 10.1. The Morgan fingerprint density at radius 2 is 2.10 bits per heavy atom. The van der Waals surface area contributed by atoms with E-state index in [4.69, 9.17) is 9.84 Å². The largest absolute Gasteiger partial charge is 0.480 e. The molecule has 0 heterocycles. The Morgan fingerprint density at radius 3 is 2.65 bits per heavy atom. The fraction of sp³-hybridized carbons (Fsp3) is 0.385. The van der Waals surface area contributed by atoms with E-state index in [2.05, 4.69) is 5.32 Å². The van der Waals surface area contributed by atoms with Crippen molar-refractivity contribution in [2.24, 2.45) is 0 Å². The van der Waals surface area contributed by atoms with Gasteiger partial charge in [0.1, 0.15) is 17.7 Å². The average molecular weight is 287 g/mol. The van der Waals surface area contributed by atoms with Crippen molar-refractivity contribution in [3.63, 3.8) is 0 Å². The lowest BCUT2D eigenvalue weighted by molar-refractivity contribution is -0.142. The smallest absolute Gasteiger partial charge is 0.326 e. The molecule has 1 rings (SSSR count). The Bertz CT molecular complexity index is 493. The van der Waals surface area contributed by atoms with Crippen molar-refractivity contribution in [3.8, 4) is 0 Å². The van der Waals surface area contributed by atoms with Crippen molar-refractivity contribution in [2.45, 2.75) is 18.9 Å². The molecule has 0 aromatic heterocycles. The van der Waals surface area contributed by atoms with Gasteiger partial charge in [-0.1, -0.05) is 6.07 Å². The van der Waals surface area contributed by atoms with Gasteiger partial charge in [-0.3, -0.25) is 4.79 Å². The highest BCUT2D eigenvalue weighted by atomic mass is 19.1. The van der Waals surface area contributed by atoms with E-state index >= 15 is 0 Å². The molecular weight excluding hydrogens is 272 g/mol. The zero-order valence-electron chi connectivity index (χ0n) is 10.9. The molecule has 110 valence electrons. The standard InChI is InChI=1S/C13H15F2NO4/c1-20-5-4-11(13(18)19)16-12(17)6-8-2-3-9(14)7-10(8)15/h2-3,7,11H,4-6H2,1H3,(H,16,17)(H,18,19). The molecule has 1 unspecified atom stereocenters. The van der Waals surface area contributed by atoms with Crippen molar-refractivity contribution in [1.29, 1.82) is 0 Å². The number of methoxy groups -OCH3 is 1. The Balaban J connectivity index is 2.63. The van der Waals surface area contributed by atoms with Crippen LogP contribution in [0.2, 0.25) is 0 Å². The van der Waals surface area contributed by atoms with Crippen LogP contribution in [0.5, 0.6) is 0 Å². The van der Waals surface area contributed by atoms with Crippen LogP contribution >= 0.6 is 0 Å². The van der Waals surface area contributed by atoms with Gasteiger partial charge in [0.05, 0.1) is 6.42 Å². The molecule has 0 aliphatic rings. The van der Waals surface area contributed by atoms with E-state index in [-0.39, 0.29) is 25.0 Å². The maximum atomic E-state index is 13.4. The number of benzene rings is 1.